The van der Waals surface area contributed by atoms with Gasteiger partial charge in [0.2, 0.25) is 0 Å². The quantitative estimate of drug-likeness (QED) is 0.691. The van der Waals surface area contributed by atoms with E-state index in [0.717, 1.165) is 5.56 Å². The number of carbonyl (C=O) groups excluding carboxylic acids is 2. The zero-order valence-electron chi connectivity index (χ0n) is 12.0. The zero-order valence-corrected chi connectivity index (χ0v) is 12.8. The largest absolute Gasteiger partial charge is 0.298 e. The number of benzene rings is 2. The summed E-state index contributed by atoms with van der Waals surface area (Å²) >= 11 is 0. The summed E-state index contributed by atoms with van der Waals surface area (Å²) in [6.45, 7) is 3.29. The van der Waals surface area contributed by atoms with Gasteiger partial charge in [-0.05, 0) is 25.0 Å². The van der Waals surface area contributed by atoms with Gasteiger partial charge in [-0.25, -0.2) is 0 Å². The van der Waals surface area contributed by atoms with E-state index < -0.39 is 10.1 Å². The van der Waals surface area contributed by atoms with E-state index in [2.05, 4.69) is 0 Å². The Hall–Kier alpha value is -2.31. The Morgan fingerprint density at radius 3 is 2.09 bits per heavy atom. The minimum absolute atomic E-state index is 0.0447. The SMILES string of the molecule is Cc1ccc(C=O)c(-c2c(C=O)ccc(C)c2S(=O)(=O)O)c1. The van der Waals surface area contributed by atoms with Gasteiger partial charge >= 0.3 is 0 Å². The van der Waals surface area contributed by atoms with Crippen molar-refractivity contribution < 1.29 is 22.6 Å². The molecule has 0 bridgehead atoms. The predicted octanol–water partition coefficient (Wildman–Crippen LogP) is 2.84. The molecule has 0 unspecified atom stereocenters. The predicted molar refractivity (Wildman–Crippen MR) is 81.9 cm³/mol. The van der Waals surface area contributed by atoms with Gasteiger partial charge in [-0.1, -0.05) is 35.9 Å². The average Bonchev–Trinajstić information content (AvgIpc) is 2.45. The Bertz CT molecular complexity index is 866. The van der Waals surface area contributed by atoms with Crippen molar-refractivity contribution in [2.24, 2.45) is 0 Å². The van der Waals surface area contributed by atoms with Gasteiger partial charge in [0, 0.05) is 16.7 Å². The van der Waals surface area contributed by atoms with Gasteiger partial charge in [0.05, 0.1) is 0 Å². The molecular formula is C16H14O5S. The molecule has 0 atom stereocenters. The minimum Gasteiger partial charge on any atom is -0.298 e. The van der Waals surface area contributed by atoms with Crippen LogP contribution in [0.2, 0.25) is 0 Å². The summed E-state index contributed by atoms with van der Waals surface area (Å²) in [5.74, 6) is 0. The highest BCUT2D eigenvalue weighted by molar-refractivity contribution is 7.86. The molecule has 0 radical (unpaired) electrons. The molecule has 1 N–H and O–H groups in total. The lowest BCUT2D eigenvalue weighted by atomic mass is 9.93. The topological polar surface area (TPSA) is 88.5 Å². The number of aryl methyl sites for hydroxylation is 2. The van der Waals surface area contributed by atoms with Crippen molar-refractivity contribution in [2.75, 3.05) is 0 Å². The summed E-state index contributed by atoms with van der Waals surface area (Å²) in [4.78, 5) is 22.2. The maximum atomic E-state index is 11.8. The highest BCUT2D eigenvalue weighted by Gasteiger charge is 2.24. The van der Waals surface area contributed by atoms with Crippen molar-refractivity contribution in [1.29, 1.82) is 0 Å². The van der Waals surface area contributed by atoms with E-state index in [1.807, 2.05) is 0 Å². The molecule has 2 rings (SSSR count). The van der Waals surface area contributed by atoms with Crippen LogP contribution < -0.4 is 0 Å². The lowest BCUT2D eigenvalue weighted by Crippen LogP contribution is -2.07. The Morgan fingerprint density at radius 1 is 0.955 bits per heavy atom. The van der Waals surface area contributed by atoms with E-state index in [0.29, 0.717) is 23.7 Å². The van der Waals surface area contributed by atoms with Crippen LogP contribution in [0.5, 0.6) is 0 Å². The van der Waals surface area contributed by atoms with Gasteiger partial charge in [-0.3, -0.25) is 14.1 Å². The molecule has 0 aliphatic rings. The fourth-order valence-electron chi connectivity index (χ4n) is 2.40. The molecule has 0 aliphatic carbocycles. The van der Waals surface area contributed by atoms with Gasteiger partial charge in [-0.15, -0.1) is 0 Å². The van der Waals surface area contributed by atoms with Crippen LogP contribution in [0.15, 0.2) is 35.2 Å². The molecule has 0 fully saturated rings. The standard InChI is InChI=1S/C16H14O5S/c1-10-3-5-12(8-17)14(7-10)15-13(9-18)6-4-11(2)16(15)22(19,20)21/h3-9H,1-2H3,(H,19,20,21). The third-order valence-electron chi connectivity index (χ3n) is 3.38. The van der Waals surface area contributed by atoms with Gasteiger partial charge in [-0.2, -0.15) is 8.42 Å². The molecule has 2 aromatic carbocycles. The van der Waals surface area contributed by atoms with Gasteiger partial charge in [0.1, 0.15) is 4.90 Å². The number of hydrogen-bond donors (Lipinski definition) is 1. The van der Waals surface area contributed by atoms with Crippen LogP contribution in [-0.2, 0) is 10.1 Å². The number of aldehydes is 2. The van der Waals surface area contributed by atoms with E-state index in [4.69, 9.17) is 0 Å². The molecule has 22 heavy (non-hydrogen) atoms. The Kier molecular flexibility index (Phi) is 4.25. The van der Waals surface area contributed by atoms with Crippen LogP contribution in [0, 0.1) is 13.8 Å². The monoisotopic (exact) mass is 318 g/mol. The molecule has 5 nitrogen and oxygen atoms in total. The molecule has 0 aliphatic heterocycles. The van der Waals surface area contributed by atoms with Crippen LogP contribution in [0.3, 0.4) is 0 Å². The molecule has 0 saturated heterocycles. The Balaban J connectivity index is 3.03. The van der Waals surface area contributed by atoms with Crippen molar-refractivity contribution in [2.45, 2.75) is 18.7 Å². The summed E-state index contributed by atoms with van der Waals surface area (Å²) in [5.41, 5.74) is 1.76. The number of carbonyl (C=O) groups is 2. The molecule has 114 valence electrons. The molecule has 0 amide bonds. The summed E-state index contributed by atoms with van der Waals surface area (Å²) in [5, 5.41) is 0. The summed E-state index contributed by atoms with van der Waals surface area (Å²) in [6, 6.07) is 7.76. The number of rotatable bonds is 4. The van der Waals surface area contributed by atoms with Crippen LogP contribution in [-0.4, -0.2) is 25.5 Å². The highest BCUT2D eigenvalue weighted by atomic mass is 32.2. The first-order valence-corrected chi connectivity index (χ1v) is 7.86. The van der Waals surface area contributed by atoms with Crippen LogP contribution >= 0.6 is 0 Å². The first kappa shape index (κ1) is 16.1. The van der Waals surface area contributed by atoms with Crippen molar-refractivity contribution in [1.82, 2.24) is 0 Å². The molecule has 0 spiro atoms. The molecule has 0 heterocycles. The summed E-state index contributed by atoms with van der Waals surface area (Å²) in [6.07, 6.45) is 1.08. The number of hydrogen-bond acceptors (Lipinski definition) is 4. The fraction of sp³-hybridized carbons (Fsp3) is 0.125. The second kappa shape index (κ2) is 5.82. The van der Waals surface area contributed by atoms with E-state index in [9.17, 15) is 22.6 Å². The Labute approximate surface area is 128 Å². The second-order valence-corrected chi connectivity index (χ2v) is 6.34. The molecule has 0 aromatic heterocycles. The maximum Gasteiger partial charge on any atom is 0.295 e. The minimum atomic E-state index is -4.56. The second-order valence-electron chi connectivity index (χ2n) is 4.98. The van der Waals surface area contributed by atoms with E-state index in [1.54, 1.807) is 25.1 Å². The highest BCUT2D eigenvalue weighted by Crippen LogP contribution is 2.35. The molecule has 0 saturated carbocycles. The third-order valence-corrected chi connectivity index (χ3v) is 4.42. The van der Waals surface area contributed by atoms with Crippen molar-refractivity contribution in [3.05, 3.63) is 52.6 Å². The fourth-order valence-corrected chi connectivity index (χ4v) is 3.36. The van der Waals surface area contributed by atoms with E-state index >= 15 is 0 Å². The molecule has 6 heteroatoms. The Morgan fingerprint density at radius 2 is 1.55 bits per heavy atom. The lowest BCUT2D eigenvalue weighted by Gasteiger charge is -2.15. The van der Waals surface area contributed by atoms with Crippen LogP contribution in [0.4, 0.5) is 0 Å². The summed E-state index contributed by atoms with van der Waals surface area (Å²) in [7, 11) is -4.56. The molecular weight excluding hydrogens is 304 g/mol. The first-order valence-electron chi connectivity index (χ1n) is 6.42. The normalized spacial score (nSPS) is 11.2. The maximum absolute atomic E-state index is 11.8. The van der Waals surface area contributed by atoms with Gasteiger partial charge < -0.3 is 0 Å². The lowest BCUT2D eigenvalue weighted by molar-refractivity contribution is 0.111. The van der Waals surface area contributed by atoms with Crippen molar-refractivity contribution >= 4 is 22.7 Å². The third kappa shape index (κ3) is 2.84. The van der Waals surface area contributed by atoms with E-state index in [1.165, 1.54) is 19.1 Å². The average molecular weight is 318 g/mol. The van der Waals surface area contributed by atoms with E-state index in [-0.39, 0.29) is 21.6 Å². The van der Waals surface area contributed by atoms with Crippen LogP contribution in [0.25, 0.3) is 11.1 Å². The smallest absolute Gasteiger partial charge is 0.295 e. The summed E-state index contributed by atoms with van der Waals surface area (Å²) < 4.78 is 33.0. The van der Waals surface area contributed by atoms with Crippen molar-refractivity contribution in [3.63, 3.8) is 0 Å². The van der Waals surface area contributed by atoms with Crippen molar-refractivity contribution in [3.8, 4) is 11.1 Å². The molecule has 2 aromatic rings. The zero-order chi connectivity index (χ0) is 16.5. The first-order chi connectivity index (χ1) is 10.3. The van der Waals surface area contributed by atoms with Gasteiger partial charge in [0.15, 0.2) is 12.6 Å². The van der Waals surface area contributed by atoms with Gasteiger partial charge in [0.25, 0.3) is 10.1 Å². The van der Waals surface area contributed by atoms with Crippen LogP contribution in [0.1, 0.15) is 31.8 Å².